The number of methoxy groups -OCH3 is 1. The van der Waals surface area contributed by atoms with E-state index in [-0.39, 0.29) is 12.4 Å². The molecule has 1 heterocycles. The lowest BCUT2D eigenvalue weighted by molar-refractivity contribution is 0.217. The quantitative estimate of drug-likeness (QED) is 0.830. The van der Waals surface area contributed by atoms with Gasteiger partial charge in [-0.1, -0.05) is 6.07 Å². The van der Waals surface area contributed by atoms with Gasteiger partial charge in [0.1, 0.15) is 10.4 Å². The molecule has 84 valence electrons. The Hall–Kier alpha value is -0.660. The monoisotopic (exact) mass is 294 g/mol. The van der Waals surface area contributed by atoms with Gasteiger partial charge in [-0.3, -0.25) is 4.72 Å². The Kier molecular flexibility index (Phi) is 4.49. The predicted octanol–water partition coefficient (Wildman–Crippen LogP) is 1.23. The molecular formula is C8H11BrN2O3S. The summed E-state index contributed by atoms with van der Waals surface area (Å²) < 4.78 is 30.5. The number of aromatic nitrogens is 1. The van der Waals surface area contributed by atoms with Crippen molar-refractivity contribution in [3.05, 3.63) is 22.8 Å². The molecule has 0 bridgehead atoms. The van der Waals surface area contributed by atoms with Crippen LogP contribution in [0.15, 0.2) is 22.8 Å². The van der Waals surface area contributed by atoms with Crippen LogP contribution >= 0.6 is 15.9 Å². The topological polar surface area (TPSA) is 68.3 Å². The van der Waals surface area contributed by atoms with Crippen LogP contribution in [-0.4, -0.2) is 32.9 Å². The molecule has 0 spiro atoms. The molecule has 7 heteroatoms. The molecule has 1 N–H and O–H groups in total. The number of pyridine rings is 1. The Morgan fingerprint density at radius 3 is 2.87 bits per heavy atom. The molecule has 0 aromatic carbocycles. The van der Waals surface area contributed by atoms with Crippen LogP contribution in [0.1, 0.15) is 0 Å². The maximum atomic E-state index is 11.4. The van der Waals surface area contributed by atoms with E-state index in [1.807, 2.05) is 0 Å². The lowest BCUT2D eigenvalue weighted by atomic mass is 10.5. The Morgan fingerprint density at radius 2 is 2.27 bits per heavy atom. The zero-order valence-corrected chi connectivity index (χ0v) is 10.5. The lowest BCUT2D eigenvalue weighted by Crippen LogP contribution is -2.20. The summed E-state index contributed by atoms with van der Waals surface area (Å²) >= 11 is 3.15. The summed E-state index contributed by atoms with van der Waals surface area (Å²) in [7, 11) is -1.92. The van der Waals surface area contributed by atoms with Crippen molar-refractivity contribution in [3.63, 3.8) is 0 Å². The minimum atomic E-state index is -3.37. The van der Waals surface area contributed by atoms with E-state index in [0.29, 0.717) is 10.4 Å². The van der Waals surface area contributed by atoms with Crippen molar-refractivity contribution in [3.8, 4) is 0 Å². The molecule has 5 nitrogen and oxygen atoms in total. The summed E-state index contributed by atoms with van der Waals surface area (Å²) in [6.45, 7) is 0.156. The number of nitrogens with zero attached hydrogens (tertiary/aromatic N) is 1. The maximum absolute atomic E-state index is 11.4. The number of halogens is 1. The SMILES string of the molecule is COCCS(=O)(=O)Nc1cccc(Br)n1. The number of ether oxygens (including phenoxy) is 1. The van der Waals surface area contributed by atoms with Crippen LogP contribution in [0, 0.1) is 0 Å². The highest BCUT2D eigenvalue weighted by Gasteiger charge is 2.10. The molecule has 15 heavy (non-hydrogen) atoms. The summed E-state index contributed by atoms with van der Waals surface area (Å²) in [4.78, 5) is 3.95. The molecule has 0 unspecified atom stereocenters. The average molecular weight is 295 g/mol. The zero-order valence-electron chi connectivity index (χ0n) is 8.10. The molecule has 1 rings (SSSR count). The van der Waals surface area contributed by atoms with E-state index >= 15 is 0 Å². The predicted molar refractivity (Wildman–Crippen MR) is 61.2 cm³/mol. The third kappa shape index (κ3) is 4.59. The number of hydrogen-bond acceptors (Lipinski definition) is 4. The van der Waals surface area contributed by atoms with E-state index in [1.54, 1.807) is 18.2 Å². The number of anilines is 1. The third-order valence-corrected chi connectivity index (χ3v) is 3.20. The highest BCUT2D eigenvalue weighted by atomic mass is 79.9. The fourth-order valence-electron chi connectivity index (χ4n) is 0.869. The molecule has 0 saturated heterocycles. The van der Waals surface area contributed by atoms with Gasteiger partial charge in [0.2, 0.25) is 10.0 Å². The standard InChI is InChI=1S/C8H11BrN2O3S/c1-14-5-6-15(12,13)11-8-4-2-3-7(9)10-8/h2-4H,5-6H2,1H3,(H,10,11). The molecule has 0 atom stereocenters. The van der Waals surface area contributed by atoms with Crippen LogP contribution in [-0.2, 0) is 14.8 Å². The van der Waals surface area contributed by atoms with Gasteiger partial charge in [-0.05, 0) is 28.1 Å². The Labute approximate surface area is 97.0 Å². The largest absolute Gasteiger partial charge is 0.384 e. The molecule has 0 fully saturated rings. The van der Waals surface area contributed by atoms with Gasteiger partial charge in [0.15, 0.2) is 0 Å². The van der Waals surface area contributed by atoms with Crippen molar-refractivity contribution in [2.45, 2.75) is 0 Å². The second-order valence-electron chi connectivity index (χ2n) is 2.76. The van der Waals surface area contributed by atoms with E-state index in [9.17, 15) is 8.42 Å². The van der Waals surface area contributed by atoms with E-state index in [2.05, 4.69) is 25.6 Å². The Bertz CT molecular complexity index is 422. The highest BCUT2D eigenvalue weighted by molar-refractivity contribution is 9.10. The van der Waals surface area contributed by atoms with Gasteiger partial charge < -0.3 is 4.74 Å². The third-order valence-electron chi connectivity index (χ3n) is 1.53. The average Bonchev–Trinajstić information content (AvgIpc) is 2.14. The first-order valence-electron chi connectivity index (χ1n) is 4.15. The Balaban J connectivity index is 2.69. The molecular weight excluding hydrogens is 284 g/mol. The molecule has 0 saturated carbocycles. The molecule has 1 aromatic rings. The van der Waals surface area contributed by atoms with Gasteiger partial charge in [0.05, 0.1) is 12.4 Å². The number of hydrogen-bond donors (Lipinski definition) is 1. The van der Waals surface area contributed by atoms with E-state index < -0.39 is 10.0 Å². The zero-order chi connectivity index (χ0) is 11.3. The van der Waals surface area contributed by atoms with Crippen LogP contribution in [0.4, 0.5) is 5.82 Å². The van der Waals surface area contributed by atoms with Crippen LogP contribution in [0.5, 0.6) is 0 Å². The van der Waals surface area contributed by atoms with Gasteiger partial charge in [0, 0.05) is 7.11 Å². The van der Waals surface area contributed by atoms with Crippen molar-refractivity contribution in [1.29, 1.82) is 0 Å². The van der Waals surface area contributed by atoms with Crippen molar-refractivity contribution < 1.29 is 13.2 Å². The fraction of sp³-hybridized carbons (Fsp3) is 0.375. The number of nitrogens with one attached hydrogen (secondary N) is 1. The first kappa shape index (κ1) is 12.4. The van der Waals surface area contributed by atoms with Crippen LogP contribution in [0.25, 0.3) is 0 Å². The fourth-order valence-corrected chi connectivity index (χ4v) is 2.13. The minimum Gasteiger partial charge on any atom is -0.384 e. The highest BCUT2D eigenvalue weighted by Crippen LogP contribution is 2.11. The van der Waals surface area contributed by atoms with Crippen molar-refractivity contribution in [2.24, 2.45) is 0 Å². The molecule has 0 aliphatic rings. The number of rotatable bonds is 5. The van der Waals surface area contributed by atoms with Crippen molar-refractivity contribution >= 4 is 31.8 Å². The summed E-state index contributed by atoms with van der Waals surface area (Å²) in [6.07, 6.45) is 0. The summed E-state index contributed by atoms with van der Waals surface area (Å²) in [5.41, 5.74) is 0. The normalized spacial score (nSPS) is 11.3. The molecule has 1 aromatic heterocycles. The molecule has 0 aliphatic carbocycles. The van der Waals surface area contributed by atoms with Crippen molar-refractivity contribution in [1.82, 2.24) is 4.98 Å². The number of sulfonamides is 1. The molecule has 0 amide bonds. The first-order chi connectivity index (χ1) is 7.03. The first-order valence-corrected chi connectivity index (χ1v) is 6.60. The van der Waals surface area contributed by atoms with Gasteiger partial charge >= 0.3 is 0 Å². The van der Waals surface area contributed by atoms with E-state index in [4.69, 9.17) is 4.74 Å². The van der Waals surface area contributed by atoms with E-state index in [0.717, 1.165) is 0 Å². The molecule has 0 radical (unpaired) electrons. The smallest absolute Gasteiger partial charge is 0.236 e. The second-order valence-corrected chi connectivity index (χ2v) is 5.41. The van der Waals surface area contributed by atoms with E-state index in [1.165, 1.54) is 7.11 Å². The van der Waals surface area contributed by atoms with Crippen LogP contribution in [0.2, 0.25) is 0 Å². The van der Waals surface area contributed by atoms with Gasteiger partial charge in [0.25, 0.3) is 0 Å². The van der Waals surface area contributed by atoms with Crippen molar-refractivity contribution in [2.75, 3.05) is 24.2 Å². The van der Waals surface area contributed by atoms with Crippen LogP contribution < -0.4 is 4.72 Å². The maximum Gasteiger partial charge on any atom is 0.236 e. The summed E-state index contributed by atoms with van der Waals surface area (Å²) in [5, 5.41) is 0. The summed E-state index contributed by atoms with van der Waals surface area (Å²) in [5.74, 6) is 0.206. The van der Waals surface area contributed by atoms with Crippen LogP contribution in [0.3, 0.4) is 0 Å². The summed E-state index contributed by atoms with van der Waals surface area (Å²) in [6, 6.07) is 4.99. The minimum absolute atomic E-state index is 0.0856. The molecule has 0 aliphatic heterocycles. The second kappa shape index (κ2) is 5.43. The van der Waals surface area contributed by atoms with Gasteiger partial charge in [-0.2, -0.15) is 0 Å². The van der Waals surface area contributed by atoms with Gasteiger partial charge in [-0.25, -0.2) is 13.4 Å². The lowest BCUT2D eigenvalue weighted by Gasteiger charge is -2.06. The van der Waals surface area contributed by atoms with Gasteiger partial charge in [-0.15, -0.1) is 0 Å². The Morgan fingerprint density at radius 1 is 1.53 bits per heavy atom.